The summed E-state index contributed by atoms with van der Waals surface area (Å²) in [5.41, 5.74) is -3.01. The third-order valence-corrected chi connectivity index (χ3v) is 7.50. The van der Waals surface area contributed by atoms with Crippen molar-refractivity contribution in [3.63, 3.8) is 0 Å². The molecule has 16 heteroatoms. The normalized spacial score (nSPS) is 16.0. The number of nitrogens with zero attached hydrogens (tertiary/aromatic N) is 5. The number of benzene rings is 1. The van der Waals surface area contributed by atoms with E-state index >= 15 is 0 Å². The van der Waals surface area contributed by atoms with E-state index in [1.165, 1.54) is 16.4 Å². The highest BCUT2D eigenvalue weighted by Gasteiger charge is 2.37. The second-order valence-electron chi connectivity index (χ2n) is 9.08. The molecule has 1 saturated heterocycles. The van der Waals surface area contributed by atoms with E-state index < -0.39 is 39.2 Å². The Labute approximate surface area is 220 Å². The minimum Gasteiger partial charge on any atom is -0.351 e. The van der Waals surface area contributed by atoms with Gasteiger partial charge < -0.3 is 15.2 Å². The second-order valence-corrected chi connectivity index (χ2v) is 11.1. The van der Waals surface area contributed by atoms with Crippen molar-refractivity contribution in [2.75, 3.05) is 31.7 Å². The zero-order valence-corrected chi connectivity index (χ0v) is 21.6. The maximum Gasteiger partial charge on any atom is 0.420 e. The molecule has 2 N–H and O–H groups in total. The molecule has 0 radical (unpaired) electrons. The molecular weight excluding hydrogens is 552 g/mol. The van der Waals surface area contributed by atoms with Crippen LogP contribution >= 0.6 is 0 Å². The first-order valence-electron chi connectivity index (χ1n) is 11.7. The van der Waals surface area contributed by atoms with Crippen LogP contribution in [0, 0.1) is 0 Å². The molecule has 212 valence electrons. The zero-order chi connectivity index (χ0) is 28.6. The van der Waals surface area contributed by atoms with Gasteiger partial charge in [-0.05, 0) is 37.6 Å². The van der Waals surface area contributed by atoms with Gasteiger partial charge in [0.1, 0.15) is 17.0 Å². The minimum absolute atomic E-state index is 0.141. The number of hydrogen-bond acceptors (Lipinski definition) is 7. The third-order valence-electron chi connectivity index (χ3n) is 6.20. The van der Waals surface area contributed by atoms with Gasteiger partial charge in [-0.2, -0.15) is 26.3 Å². The standard InChI is InChI=1S/C23H25F6N7O2S/c1-30-10-14-3-4-19(16(9-14)22(24,25)26)35-12-18(32-13-35)20-17(23(27,28)29)11-31-21(34-20)33-15-5-7-36(8-6-15)39(2,37)38/h3-4,9,11-13,15,30H,5-8,10H2,1-2H3,(H,31,33,34). The van der Waals surface area contributed by atoms with E-state index in [1.807, 2.05) is 0 Å². The summed E-state index contributed by atoms with van der Waals surface area (Å²) in [5.74, 6) is -0.141. The van der Waals surface area contributed by atoms with E-state index in [9.17, 15) is 34.8 Å². The number of alkyl halides is 6. The Kier molecular flexibility index (Phi) is 7.91. The Morgan fingerprint density at radius 3 is 2.28 bits per heavy atom. The summed E-state index contributed by atoms with van der Waals surface area (Å²) in [6, 6.07) is 3.37. The Balaban J connectivity index is 1.67. The molecule has 0 unspecified atom stereocenters. The Bertz CT molecular complexity index is 1430. The first-order chi connectivity index (χ1) is 18.2. The van der Waals surface area contributed by atoms with Gasteiger partial charge in [-0.15, -0.1) is 0 Å². The van der Waals surface area contributed by atoms with Crippen LogP contribution in [0.15, 0.2) is 36.9 Å². The Morgan fingerprint density at radius 2 is 1.69 bits per heavy atom. The number of sulfonamides is 1. The van der Waals surface area contributed by atoms with Crippen LogP contribution in [0.4, 0.5) is 32.3 Å². The maximum atomic E-state index is 13.8. The summed E-state index contributed by atoms with van der Waals surface area (Å²) in [4.78, 5) is 11.7. The van der Waals surface area contributed by atoms with Crippen molar-refractivity contribution in [3.8, 4) is 17.1 Å². The number of hydrogen-bond donors (Lipinski definition) is 2. The molecule has 2 aromatic heterocycles. The van der Waals surface area contributed by atoms with E-state index in [0.29, 0.717) is 24.6 Å². The first kappa shape index (κ1) is 28.8. The van der Waals surface area contributed by atoms with Crippen molar-refractivity contribution < 1.29 is 34.8 Å². The summed E-state index contributed by atoms with van der Waals surface area (Å²) in [7, 11) is -1.77. The van der Waals surface area contributed by atoms with Crippen LogP contribution < -0.4 is 10.6 Å². The second kappa shape index (κ2) is 10.7. The van der Waals surface area contributed by atoms with E-state index in [-0.39, 0.29) is 43.0 Å². The predicted molar refractivity (Wildman–Crippen MR) is 130 cm³/mol. The molecule has 0 bridgehead atoms. The van der Waals surface area contributed by atoms with E-state index in [1.54, 1.807) is 7.05 Å². The van der Waals surface area contributed by atoms with Crippen LogP contribution in [-0.4, -0.2) is 64.7 Å². The number of aromatic nitrogens is 4. The van der Waals surface area contributed by atoms with Crippen molar-refractivity contribution in [1.29, 1.82) is 0 Å². The third kappa shape index (κ3) is 6.67. The smallest absolute Gasteiger partial charge is 0.351 e. The van der Waals surface area contributed by atoms with Crippen molar-refractivity contribution in [2.24, 2.45) is 0 Å². The van der Waals surface area contributed by atoms with Gasteiger partial charge in [0.25, 0.3) is 0 Å². The largest absolute Gasteiger partial charge is 0.420 e. The Morgan fingerprint density at radius 1 is 1.03 bits per heavy atom. The molecule has 1 aliphatic heterocycles. The molecule has 0 saturated carbocycles. The maximum absolute atomic E-state index is 13.8. The fraction of sp³-hybridized carbons (Fsp3) is 0.435. The number of anilines is 1. The Hall–Kier alpha value is -3.24. The first-order valence-corrected chi connectivity index (χ1v) is 13.6. The summed E-state index contributed by atoms with van der Waals surface area (Å²) in [6.45, 7) is 0.642. The number of halogens is 6. The fourth-order valence-electron chi connectivity index (χ4n) is 4.29. The van der Waals surface area contributed by atoms with Crippen LogP contribution in [0.5, 0.6) is 0 Å². The van der Waals surface area contributed by atoms with E-state index in [4.69, 9.17) is 0 Å². The lowest BCUT2D eigenvalue weighted by Gasteiger charge is -2.30. The highest BCUT2D eigenvalue weighted by Crippen LogP contribution is 2.38. The quantitative estimate of drug-likeness (QED) is 0.410. The number of nitrogens with one attached hydrogen (secondary N) is 2. The van der Waals surface area contributed by atoms with Gasteiger partial charge in [-0.3, -0.25) is 0 Å². The molecule has 0 amide bonds. The molecule has 3 heterocycles. The van der Waals surface area contributed by atoms with Crippen LogP contribution in [-0.2, 0) is 28.9 Å². The molecule has 1 aromatic carbocycles. The number of rotatable bonds is 7. The lowest BCUT2D eigenvalue weighted by Crippen LogP contribution is -2.42. The summed E-state index contributed by atoms with van der Waals surface area (Å²) in [5, 5.41) is 5.70. The van der Waals surface area contributed by atoms with Crippen LogP contribution in [0.25, 0.3) is 17.1 Å². The highest BCUT2D eigenvalue weighted by atomic mass is 32.2. The number of imidazole rings is 1. The lowest BCUT2D eigenvalue weighted by molar-refractivity contribution is -0.138. The molecular formula is C23H25F6N7O2S. The van der Waals surface area contributed by atoms with Gasteiger partial charge in [-0.25, -0.2) is 27.7 Å². The molecule has 9 nitrogen and oxygen atoms in total. The molecule has 0 atom stereocenters. The van der Waals surface area contributed by atoms with Gasteiger partial charge >= 0.3 is 12.4 Å². The van der Waals surface area contributed by atoms with Gasteiger partial charge in [0.15, 0.2) is 0 Å². The van der Waals surface area contributed by atoms with Crippen molar-refractivity contribution in [2.45, 2.75) is 37.8 Å². The predicted octanol–water partition coefficient (Wildman–Crippen LogP) is 3.92. The zero-order valence-electron chi connectivity index (χ0n) is 20.8. The molecule has 3 aromatic rings. The fourth-order valence-corrected chi connectivity index (χ4v) is 5.17. The monoisotopic (exact) mass is 577 g/mol. The van der Waals surface area contributed by atoms with E-state index in [2.05, 4.69) is 25.6 Å². The molecule has 39 heavy (non-hydrogen) atoms. The van der Waals surface area contributed by atoms with Crippen molar-refractivity contribution in [1.82, 2.24) is 29.1 Å². The summed E-state index contributed by atoms with van der Waals surface area (Å²) in [6.07, 6.45) is -5.09. The topological polar surface area (TPSA) is 105 Å². The van der Waals surface area contributed by atoms with Gasteiger partial charge in [0.05, 0.1) is 23.8 Å². The minimum atomic E-state index is -4.86. The molecule has 1 fully saturated rings. The summed E-state index contributed by atoms with van der Waals surface area (Å²) >= 11 is 0. The van der Waals surface area contributed by atoms with Crippen LogP contribution in [0.3, 0.4) is 0 Å². The van der Waals surface area contributed by atoms with Gasteiger partial charge in [0.2, 0.25) is 16.0 Å². The van der Waals surface area contributed by atoms with Crippen LogP contribution in [0.1, 0.15) is 29.5 Å². The van der Waals surface area contributed by atoms with Crippen molar-refractivity contribution in [3.05, 3.63) is 53.6 Å². The average Bonchev–Trinajstić information content (AvgIpc) is 3.33. The molecule has 4 rings (SSSR count). The van der Waals surface area contributed by atoms with Gasteiger partial charge in [-0.1, -0.05) is 6.07 Å². The average molecular weight is 578 g/mol. The summed E-state index contributed by atoms with van der Waals surface area (Å²) < 4.78 is 109. The highest BCUT2D eigenvalue weighted by molar-refractivity contribution is 7.88. The molecule has 0 spiro atoms. The van der Waals surface area contributed by atoms with Crippen molar-refractivity contribution >= 4 is 16.0 Å². The lowest BCUT2D eigenvalue weighted by atomic mass is 10.1. The number of piperidine rings is 1. The molecule has 1 aliphatic rings. The SMILES string of the molecule is CNCc1ccc(-n2cnc(-c3nc(NC4CCN(S(C)(=O)=O)CC4)ncc3C(F)(F)F)c2)c(C(F)(F)F)c1. The molecule has 0 aliphatic carbocycles. The van der Waals surface area contributed by atoms with Crippen LogP contribution in [0.2, 0.25) is 0 Å². The van der Waals surface area contributed by atoms with E-state index in [0.717, 1.165) is 29.4 Å². The van der Waals surface area contributed by atoms with Gasteiger partial charge in [0, 0.05) is 38.1 Å².